The molecule has 0 fully saturated rings. The van der Waals surface area contributed by atoms with Crippen molar-refractivity contribution in [3.05, 3.63) is 102 Å². The molecule has 0 spiro atoms. The second kappa shape index (κ2) is 13.1. The van der Waals surface area contributed by atoms with Crippen LogP contribution in [0.4, 0.5) is 14.9 Å². The average molecular weight is 627 g/mol. The van der Waals surface area contributed by atoms with E-state index in [2.05, 4.69) is 20.8 Å². The van der Waals surface area contributed by atoms with Gasteiger partial charge in [0.05, 0.1) is 5.56 Å². The number of carboxylic acids is 1. The van der Waals surface area contributed by atoms with Crippen molar-refractivity contribution in [1.29, 1.82) is 0 Å². The van der Waals surface area contributed by atoms with E-state index in [-0.39, 0.29) is 29.5 Å². The van der Waals surface area contributed by atoms with Gasteiger partial charge in [-0.05, 0) is 81.8 Å². The number of carboxylic acid groups (broad SMARTS) is 1. The van der Waals surface area contributed by atoms with Crippen molar-refractivity contribution >= 4 is 23.7 Å². The lowest BCUT2D eigenvalue weighted by Gasteiger charge is -2.19. The van der Waals surface area contributed by atoms with Gasteiger partial charge in [0, 0.05) is 23.2 Å². The average Bonchev–Trinajstić information content (AvgIpc) is 3.68. The lowest BCUT2D eigenvalue weighted by atomic mass is 10.0. The monoisotopic (exact) mass is 626 g/mol. The van der Waals surface area contributed by atoms with Gasteiger partial charge in [0.25, 0.3) is 11.8 Å². The summed E-state index contributed by atoms with van der Waals surface area (Å²) in [5.74, 6) is -2.27. The van der Waals surface area contributed by atoms with E-state index < -0.39 is 35.4 Å². The molecule has 0 bridgehead atoms. The summed E-state index contributed by atoms with van der Waals surface area (Å²) in [6, 6.07) is 19.9. The third-order valence-electron chi connectivity index (χ3n) is 6.68. The van der Waals surface area contributed by atoms with Crippen LogP contribution in [0.15, 0.2) is 87.7 Å². The number of aryl methyl sites for hydroxylation is 1. The van der Waals surface area contributed by atoms with Crippen molar-refractivity contribution in [2.45, 2.75) is 45.8 Å². The summed E-state index contributed by atoms with van der Waals surface area (Å²) in [6.07, 6.45) is -0.788. The van der Waals surface area contributed by atoms with Gasteiger partial charge < -0.3 is 24.0 Å². The highest BCUT2D eigenvalue weighted by Gasteiger charge is 2.24. The Kier molecular flexibility index (Phi) is 8.99. The SMILES string of the molecule is Cc1ccc(-c2ccc(C(=O)NC(Cc3ccc(-c4nnc(-c5ccc(NC(=O)OC(C)(C)C)cc5)o4)c(F)c3)C(=O)O)o2)cc1. The summed E-state index contributed by atoms with van der Waals surface area (Å²) in [5.41, 5.74) is 2.57. The topological polar surface area (TPSA) is 157 Å². The van der Waals surface area contributed by atoms with Gasteiger partial charge in [-0.3, -0.25) is 10.1 Å². The number of nitrogens with zero attached hydrogens (tertiary/aromatic N) is 2. The number of halogens is 1. The largest absolute Gasteiger partial charge is 0.480 e. The van der Waals surface area contributed by atoms with Crippen LogP contribution in [0.25, 0.3) is 34.2 Å². The number of hydrogen-bond acceptors (Lipinski definition) is 8. The number of carbonyl (C=O) groups excluding carboxylic acids is 2. The third-order valence-corrected chi connectivity index (χ3v) is 6.68. The molecule has 46 heavy (non-hydrogen) atoms. The Morgan fingerprint density at radius 1 is 0.891 bits per heavy atom. The van der Waals surface area contributed by atoms with E-state index in [1.54, 1.807) is 51.1 Å². The number of aliphatic carboxylic acids is 1. The van der Waals surface area contributed by atoms with Gasteiger partial charge in [-0.25, -0.2) is 14.0 Å². The number of nitrogens with one attached hydrogen (secondary N) is 2. The fourth-order valence-electron chi connectivity index (χ4n) is 4.42. The fraction of sp³-hybridized carbons (Fsp3) is 0.206. The molecule has 5 aromatic rings. The summed E-state index contributed by atoms with van der Waals surface area (Å²) >= 11 is 0. The number of amides is 2. The minimum absolute atomic E-state index is 0.0147. The zero-order chi connectivity index (χ0) is 33.0. The highest BCUT2D eigenvalue weighted by atomic mass is 19.1. The van der Waals surface area contributed by atoms with E-state index in [9.17, 15) is 19.5 Å². The molecule has 0 saturated carbocycles. The summed E-state index contributed by atoms with van der Waals surface area (Å²) in [7, 11) is 0. The van der Waals surface area contributed by atoms with E-state index in [1.165, 1.54) is 18.2 Å². The maximum Gasteiger partial charge on any atom is 0.412 e. The summed E-state index contributed by atoms with van der Waals surface area (Å²) in [4.78, 5) is 36.8. The lowest BCUT2D eigenvalue weighted by Crippen LogP contribution is -2.42. The molecule has 0 radical (unpaired) electrons. The maximum atomic E-state index is 15.2. The lowest BCUT2D eigenvalue weighted by molar-refractivity contribution is -0.139. The standard InChI is InChI=1S/C34H31FN4O7/c1-19-5-8-21(9-6-19)27-15-16-28(44-27)29(40)37-26(32(41)42)18-20-7-14-24(25(35)17-20)31-39-38-30(45-31)22-10-12-23(13-11-22)36-33(43)46-34(2,3)4/h5-17,26H,18H2,1-4H3,(H,36,43)(H,37,40)(H,41,42). The molecule has 0 aliphatic carbocycles. The molecule has 11 nitrogen and oxygen atoms in total. The Bertz CT molecular complexity index is 1870. The smallest absolute Gasteiger partial charge is 0.412 e. The molecular formula is C34H31FN4O7. The Hall–Kier alpha value is -5.78. The number of hydrogen-bond donors (Lipinski definition) is 3. The van der Waals surface area contributed by atoms with E-state index in [0.29, 0.717) is 22.6 Å². The predicted octanol–water partition coefficient (Wildman–Crippen LogP) is 6.88. The molecule has 2 amide bonds. The predicted molar refractivity (Wildman–Crippen MR) is 166 cm³/mol. The second-order valence-corrected chi connectivity index (χ2v) is 11.5. The van der Waals surface area contributed by atoms with Crippen molar-refractivity contribution in [2.24, 2.45) is 0 Å². The number of anilines is 1. The molecular weight excluding hydrogens is 595 g/mol. The molecule has 236 valence electrons. The molecule has 3 N–H and O–H groups in total. The van der Waals surface area contributed by atoms with Crippen LogP contribution in [0.3, 0.4) is 0 Å². The number of carbonyl (C=O) groups is 3. The minimum Gasteiger partial charge on any atom is -0.480 e. The first-order valence-corrected chi connectivity index (χ1v) is 14.3. The summed E-state index contributed by atoms with van der Waals surface area (Å²) in [5, 5.41) is 22.8. The molecule has 0 aliphatic rings. The Morgan fingerprint density at radius 3 is 2.22 bits per heavy atom. The van der Waals surface area contributed by atoms with Crippen LogP contribution in [0, 0.1) is 12.7 Å². The van der Waals surface area contributed by atoms with Crippen LogP contribution in [-0.2, 0) is 16.0 Å². The maximum absolute atomic E-state index is 15.2. The molecule has 2 heterocycles. The van der Waals surface area contributed by atoms with E-state index in [4.69, 9.17) is 13.6 Å². The van der Waals surface area contributed by atoms with E-state index in [0.717, 1.165) is 17.2 Å². The van der Waals surface area contributed by atoms with Gasteiger partial charge in [0.15, 0.2) is 5.76 Å². The Labute approximate surface area is 263 Å². The molecule has 3 aromatic carbocycles. The number of ether oxygens (including phenoxy) is 1. The van der Waals surface area contributed by atoms with Crippen LogP contribution in [0.1, 0.15) is 42.5 Å². The second-order valence-electron chi connectivity index (χ2n) is 11.5. The quantitative estimate of drug-likeness (QED) is 0.159. The normalized spacial score (nSPS) is 11.9. The van der Waals surface area contributed by atoms with Gasteiger partial charge in [-0.1, -0.05) is 35.9 Å². The van der Waals surface area contributed by atoms with Gasteiger partial charge in [0.2, 0.25) is 5.89 Å². The molecule has 2 aromatic heterocycles. The van der Waals surface area contributed by atoms with Crippen LogP contribution >= 0.6 is 0 Å². The van der Waals surface area contributed by atoms with E-state index >= 15 is 4.39 Å². The van der Waals surface area contributed by atoms with Crippen LogP contribution in [-0.4, -0.2) is 44.9 Å². The molecule has 5 rings (SSSR count). The van der Waals surface area contributed by atoms with Gasteiger partial charge in [0.1, 0.15) is 23.2 Å². The number of rotatable bonds is 9. The zero-order valence-corrected chi connectivity index (χ0v) is 25.5. The molecule has 1 unspecified atom stereocenters. The fourth-order valence-corrected chi connectivity index (χ4v) is 4.42. The van der Waals surface area contributed by atoms with Crippen molar-refractivity contribution in [1.82, 2.24) is 15.5 Å². The minimum atomic E-state index is -1.35. The highest BCUT2D eigenvalue weighted by molar-refractivity contribution is 5.95. The zero-order valence-electron chi connectivity index (χ0n) is 25.5. The van der Waals surface area contributed by atoms with Crippen molar-refractivity contribution in [3.63, 3.8) is 0 Å². The number of furan rings is 1. The van der Waals surface area contributed by atoms with Crippen molar-refractivity contribution < 1.29 is 37.5 Å². The number of benzene rings is 3. The summed E-state index contributed by atoms with van der Waals surface area (Å²) < 4.78 is 31.7. The third kappa shape index (κ3) is 7.83. The highest BCUT2D eigenvalue weighted by Crippen LogP contribution is 2.28. The molecule has 12 heteroatoms. The van der Waals surface area contributed by atoms with Crippen molar-refractivity contribution in [2.75, 3.05) is 5.32 Å². The van der Waals surface area contributed by atoms with Gasteiger partial charge >= 0.3 is 12.1 Å². The van der Waals surface area contributed by atoms with Crippen LogP contribution < -0.4 is 10.6 Å². The van der Waals surface area contributed by atoms with Gasteiger partial charge in [-0.15, -0.1) is 10.2 Å². The number of aromatic nitrogens is 2. The molecule has 0 saturated heterocycles. The van der Waals surface area contributed by atoms with Crippen LogP contribution in [0.5, 0.6) is 0 Å². The first-order chi connectivity index (χ1) is 21.8. The first-order valence-electron chi connectivity index (χ1n) is 14.3. The van der Waals surface area contributed by atoms with Crippen molar-refractivity contribution in [3.8, 4) is 34.2 Å². The molecule has 1 atom stereocenters. The summed E-state index contributed by atoms with van der Waals surface area (Å²) in [6.45, 7) is 7.24. The van der Waals surface area contributed by atoms with E-state index in [1.807, 2.05) is 31.2 Å². The first kappa shape index (κ1) is 31.6. The van der Waals surface area contributed by atoms with Crippen LogP contribution in [0.2, 0.25) is 0 Å². The molecule has 0 aliphatic heterocycles. The Balaban J connectivity index is 1.23. The van der Waals surface area contributed by atoms with Gasteiger partial charge in [-0.2, -0.15) is 0 Å². The Morgan fingerprint density at radius 2 is 1.57 bits per heavy atom.